The molecule has 0 amide bonds. The number of anilines is 2. The van der Waals surface area contributed by atoms with Crippen molar-refractivity contribution in [3.05, 3.63) is 54.0 Å². The summed E-state index contributed by atoms with van der Waals surface area (Å²) >= 11 is 0. The monoisotopic (exact) mass is 277 g/mol. The van der Waals surface area contributed by atoms with Crippen LogP contribution in [0.5, 0.6) is 0 Å². The van der Waals surface area contributed by atoms with E-state index in [0.717, 1.165) is 5.56 Å². The lowest BCUT2D eigenvalue weighted by molar-refractivity contribution is 0.591. The van der Waals surface area contributed by atoms with Gasteiger partial charge in [0.2, 0.25) is 5.95 Å². The van der Waals surface area contributed by atoms with Gasteiger partial charge in [-0.3, -0.25) is 5.32 Å². The number of aryl methyl sites for hydroxylation is 1. The van der Waals surface area contributed by atoms with E-state index in [-0.39, 0.29) is 0 Å². The number of oxazole rings is 1. The van der Waals surface area contributed by atoms with E-state index in [4.69, 9.17) is 9.68 Å². The van der Waals surface area contributed by atoms with E-state index < -0.39 is 0 Å². The molecule has 0 fully saturated rings. The Bertz CT molecular complexity index is 784. The first-order valence-corrected chi connectivity index (χ1v) is 6.26. The Morgan fingerprint density at radius 3 is 2.43 bits per heavy atom. The summed E-state index contributed by atoms with van der Waals surface area (Å²) in [5.74, 6) is 0.984. The van der Waals surface area contributed by atoms with Gasteiger partial charge in [-0.2, -0.15) is 5.26 Å². The average Bonchev–Trinajstić information content (AvgIpc) is 2.97. The largest absolute Gasteiger partial charge is 0.423 e. The van der Waals surface area contributed by atoms with Crippen LogP contribution in [0.3, 0.4) is 0 Å². The summed E-state index contributed by atoms with van der Waals surface area (Å²) in [4.78, 5) is 12.1. The predicted molar refractivity (Wildman–Crippen MR) is 76.7 cm³/mol. The molecule has 2 aromatic heterocycles. The van der Waals surface area contributed by atoms with Crippen molar-refractivity contribution in [1.82, 2.24) is 15.0 Å². The predicted octanol–water partition coefficient (Wildman–Crippen LogP) is 3.06. The molecule has 0 radical (unpaired) electrons. The lowest BCUT2D eigenvalue weighted by atomic mass is 10.1. The van der Waals surface area contributed by atoms with Crippen LogP contribution >= 0.6 is 0 Å². The first kappa shape index (κ1) is 12.8. The summed E-state index contributed by atoms with van der Waals surface area (Å²) in [6.07, 6.45) is 4.50. The Labute approximate surface area is 121 Å². The van der Waals surface area contributed by atoms with Crippen molar-refractivity contribution in [2.24, 2.45) is 0 Å². The number of nitrogens with one attached hydrogen (secondary N) is 1. The lowest BCUT2D eigenvalue weighted by Gasteiger charge is -1.99. The van der Waals surface area contributed by atoms with E-state index >= 15 is 0 Å². The van der Waals surface area contributed by atoms with E-state index in [9.17, 15) is 0 Å². The van der Waals surface area contributed by atoms with Crippen molar-refractivity contribution in [3.8, 4) is 17.4 Å². The summed E-state index contributed by atoms with van der Waals surface area (Å²) in [6.45, 7) is 2.03. The van der Waals surface area contributed by atoms with Gasteiger partial charge in [-0.1, -0.05) is 29.8 Å². The van der Waals surface area contributed by atoms with Crippen LogP contribution in [-0.4, -0.2) is 15.0 Å². The first-order chi connectivity index (χ1) is 10.2. The summed E-state index contributed by atoms with van der Waals surface area (Å²) in [5, 5.41) is 11.5. The molecule has 0 spiro atoms. The van der Waals surface area contributed by atoms with Crippen molar-refractivity contribution in [1.29, 1.82) is 5.26 Å². The van der Waals surface area contributed by atoms with Gasteiger partial charge >= 0.3 is 6.01 Å². The molecule has 0 aliphatic rings. The van der Waals surface area contributed by atoms with E-state index in [1.54, 1.807) is 6.20 Å². The molecule has 0 atom stereocenters. The Morgan fingerprint density at radius 1 is 1.05 bits per heavy atom. The molecule has 0 saturated heterocycles. The van der Waals surface area contributed by atoms with E-state index in [0.29, 0.717) is 23.3 Å². The van der Waals surface area contributed by atoms with Gasteiger partial charge in [-0.15, -0.1) is 0 Å². The SMILES string of the molecule is Cc1ccc(-c2cnc(Nc3ncc(C#N)cn3)o2)cc1. The van der Waals surface area contributed by atoms with Gasteiger partial charge in [0.15, 0.2) is 5.76 Å². The highest BCUT2D eigenvalue weighted by atomic mass is 16.4. The molecule has 0 bridgehead atoms. The molecule has 2 heterocycles. The maximum Gasteiger partial charge on any atom is 0.302 e. The Hall–Kier alpha value is -3.20. The second-order valence-electron chi connectivity index (χ2n) is 4.43. The third-order valence-electron chi connectivity index (χ3n) is 2.84. The summed E-state index contributed by atoms with van der Waals surface area (Å²) in [6, 6.07) is 10.2. The molecule has 102 valence electrons. The second kappa shape index (κ2) is 5.43. The fourth-order valence-electron chi connectivity index (χ4n) is 1.73. The molecule has 0 aliphatic carbocycles. The summed E-state index contributed by atoms with van der Waals surface area (Å²) in [7, 11) is 0. The van der Waals surface area contributed by atoms with Gasteiger partial charge < -0.3 is 4.42 Å². The number of hydrogen-bond donors (Lipinski definition) is 1. The fraction of sp³-hybridized carbons (Fsp3) is 0.0667. The van der Waals surface area contributed by atoms with Crippen molar-refractivity contribution in [2.45, 2.75) is 6.92 Å². The Morgan fingerprint density at radius 2 is 1.76 bits per heavy atom. The molecule has 0 unspecified atom stereocenters. The van der Waals surface area contributed by atoms with Crippen molar-refractivity contribution in [3.63, 3.8) is 0 Å². The van der Waals surface area contributed by atoms with Crippen molar-refractivity contribution >= 4 is 12.0 Å². The molecule has 1 aromatic carbocycles. The maximum atomic E-state index is 8.69. The zero-order chi connectivity index (χ0) is 14.7. The molecule has 0 aliphatic heterocycles. The number of hydrogen-bond acceptors (Lipinski definition) is 6. The number of benzene rings is 1. The molecule has 1 N–H and O–H groups in total. The highest BCUT2D eigenvalue weighted by Gasteiger charge is 2.07. The number of nitriles is 1. The molecule has 6 nitrogen and oxygen atoms in total. The standard InChI is InChI=1S/C15H11N5O/c1-10-2-4-12(5-3-10)13-9-19-15(21-13)20-14-17-7-11(6-16)8-18-14/h2-5,7-9H,1H3,(H,17,18,19,20). The molecule has 0 saturated carbocycles. The van der Waals surface area contributed by atoms with E-state index in [1.165, 1.54) is 18.0 Å². The number of nitrogens with zero attached hydrogens (tertiary/aromatic N) is 4. The minimum absolute atomic E-state index is 0.301. The topological polar surface area (TPSA) is 87.6 Å². The Balaban J connectivity index is 1.78. The van der Waals surface area contributed by atoms with E-state index in [1.807, 2.05) is 37.3 Å². The summed E-state index contributed by atoms with van der Waals surface area (Å²) in [5.41, 5.74) is 2.53. The zero-order valence-electron chi connectivity index (χ0n) is 11.2. The van der Waals surface area contributed by atoms with Crippen LogP contribution in [0.25, 0.3) is 11.3 Å². The quantitative estimate of drug-likeness (QED) is 0.791. The molecule has 3 rings (SSSR count). The maximum absolute atomic E-state index is 8.69. The number of aromatic nitrogens is 3. The highest BCUT2D eigenvalue weighted by Crippen LogP contribution is 2.23. The molecular weight excluding hydrogens is 266 g/mol. The van der Waals surface area contributed by atoms with Gasteiger partial charge in [0, 0.05) is 5.56 Å². The summed E-state index contributed by atoms with van der Waals surface area (Å²) < 4.78 is 5.60. The van der Waals surface area contributed by atoms with Crippen LogP contribution in [0.1, 0.15) is 11.1 Å². The normalized spacial score (nSPS) is 10.1. The van der Waals surface area contributed by atoms with Gasteiger partial charge in [0.1, 0.15) is 6.07 Å². The molecule has 3 aromatic rings. The van der Waals surface area contributed by atoms with Gasteiger partial charge in [0.05, 0.1) is 24.2 Å². The highest BCUT2D eigenvalue weighted by molar-refractivity contribution is 5.58. The minimum Gasteiger partial charge on any atom is -0.423 e. The van der Waals surface area contributed by atoms with Crippen LogP contribution in [0, 0.1) is 18.3 Å². The second-order valence-corrected chi connectivity index (χ2v) is 4.43. The first-order valence-electron chi connectivity index (χ1n) is 6.26. The number of rotatable bonds is 3. The fourth-order valence-corrected chi connectivity index (χ4v) is 1.73. The van der Waals surface area contributed by atoms with Gasteiger partial charge in [-0.25, -0.2) is 15.0 Å². The van der Waals surface area contributed by atoms with Gasteiger partial charge in [-0.05, 0) is 6.92 Å². The smallest absolute Gasteiger partial charge is 0.302 e. The third-order valence-corrected chi connectivity index (χ3v) is 2.84. The van der Waals surface area contributed by atoms with Crippen LogP contribution in [0.4, 0.5) is 12.0 Å². The average molecular weight is 277 g/mol. The van der Waals surface area contributed by atoms with Crippen LogP contribution < -0.4 is 5.32 Å². The van der Waals surface area contributed by atoms with Crippen LogP contribution in [0.15, 0.2) is 47.3 Å². The third kappa shape index (κ3) is 2.87. The molecule has 6 heteroatoms. The van der Waals surface area contributed by atoms with Crippen molar-refractivity contribution in [2.75, 3.05) is 5.32 Å². The molecular formula is C15H11N5O. The van der Waals surface area contributed by atoms with Gasteiger partial charge in [0.25, 0.3) is 0 Å². The zero-order valence-corrected chi connectivity index (χ0v) is 11.2. The Kier molecular flexibility index (Phi) is 3.31. The lowest BCUT2D eigenvalue weighted by Crippen LogP contribution is -1.96. The van der Waals surface area contributed by atoms with E-state index in [2.05, 4.69) is 20.3 Å². The molecule has 21 heavy (non-hydrogen) atoms. The van der Waals surface area contributed by atoms with Crippen LogP contribution in [0.2, 0.25) is 0 Å². The minimum atomic E-state index is 0.301. The van der Waals surface area contributed by atoms with Crippen molar-refractivity contribution < 1.29 is 4.42 Å². The van der Waals surface area contributed by atoms with Crippen LogP contribution in [-0.2, 0) is 0 Å².